The first kappa shape index (κ1) is 12.2. The zero-order valence-corrected chi connectivity index (χ0v) is 8.94. The molecule has 0 spiro atoms. The summed E-state index contributed by atoms with van der Waals surface area (Å²) in [6.07, 6.45) is 1.11. The first-order chi connectivity index (χ1) is 5.85. The van der Waals surface area contributed by atoms with Gasteiger partial charge in [0.2, 0.25) is 0 Å². The molecule has 0 N–H and O–H groups in total. The van der Waals surface area contributed by atoms with Gasteiger partial charge in [-0.15, -0.1) is 11.6 Å². The van der Waals surface area contributed by atoms with Crippen LogP contribution in [0.25, 0.3) is 0 Å². The van der Waals surface area contributed by atoms with Crippen molar-refractivity contribution in [2.24, 2.45) is 0 Å². The number of nitrogens with zero attached hydrogens (tertiary/aromatic N) is 1. The highest BCUT2D eigenvalue weighted by molar-refractivity contribution is 6.18. The van der Waals surface area contributed by atoms with E-state index >= 15 is 0 Å². The molecule has 12 heavy (non-hydrogen) atoms. The SMILES string of the molecule is CCOCCCN(CC)CCCl. The van der Waals surface area contributed by atoms with Gasteiger partial charge in [-0.05, 0) is 19.9 Å². The molecule has 0 saturated carbocycles. The highest BCUT2D eigenvalue weighted by Crippen LogP contribution is 1.93. The summed E-state index contributed by atoms with van der Waals surface area (Å²) in [4.78, 5) is 2.34. The van der Waals surface area contributed by atoms with Crippen molar-refractivity contribution in [1.82, 2.24) is 4.90 Å². The monoisotopic (exact) mass is 193 g/mol. The number of hydrogen-bond donors (Lipinski definition) is 0. The van der Waals surface area contributed by atoms with E-state index in [1.807, 2.05) is 6.92 Å². The quantitative estimate of drug-likeness (QED) is 0.432. The molecule has 74 valence electrons. The first-order valence-corrected chi connectivity index (χ1v) is 5.24. The van der Waals surface area contributed by atoms with Gasteiger partial charge in [-0.3, -0.25) is 0 Å². The second-order valence-electron chi connectivity index (χ2n) is 2.67. The molecular formula is C9H20ClNO. The minimum atomic E-state index is 0.725. The molecule has 0 amide bonds. The van der Waals surface area contributed by atoms with Gasteiger partial charge >= 0.3 is 0 Å². The van der Waals surface area contributed by atoms with Crippen LogP contribution < -0.4 is 0 Å². The highest BCUT2D eigenvalue weighted by atomic mass is 35.5. The van der Waals surface area contributed by atoms with Crippen LogP contribution >= 0.6 is 11.6 Å². The third-order valence-electron chi connectivity index (χ3n) is 1.82. The fourth-order valence-electron chi connectivity index (χ4n) is 1.08. The molecule has 0 saturated heterocycles. The lowest BCUT2D eigenvalue weighted by Gasteiger charge is -2.18. The number of rotatable bonds is 8. The lowest BCUT2D eigenvalue weighted by molar-refractivity contribution is 0.133. The van der Waals surface area contributed by atoms with Gasteiger partial charge in [-0.1, -0.05) is 6.92 Å². The van der Waals surface area contributed by atoms with Crippen molar-refractivity contribution in [1.29, 1.82) is 0 Å². The van der Waals surface area contributed by atoms with Crippen molar-refractivity contribution in [2.45, 2.75) is 20.3 Å². The average molecular weight is 194 g/mol. The average Bonchev–Trinajstić information content (AvgIpc) is 2.10. The Balaban J connectivity index is 3.19. The molecule has 0 heterocycles. The van der Waals surface area contributed by atoms with E-state index in [2.05, 4.69) is 11.8 Å². The Morgan fingerprint density at radius 2 is 2.00 bits per heavy atom. The van der Waals surface area contributed by atoms with E-state index in [-0.39, 0.29) is 0 Å². The summed E-state index contributed by atoms with van der Waals surface area (Å²) in [5.41, 5.74) is 0. The molecule has 0 aromatic heterocycles. The first-order valence-electron chi connectivity index (χ1n) is 4.71. The summed E-state index contributed by atoms with van der Waals surface area (Å²) in [6.45, 7) is 9.05. The van der Waals surface area contributed by atoms with Gasteiger partial charge in [0.25, 0.3) is 0 Å². The maximum atomic E-state index is 5.64. The minimum absolute atomic E-state index is 0.725. The van der Waals surface area contributed by atoms with E-state index in [0.717, 1.165) is 45.1 Å². The fourth-order valence-corrected chi connectivity index (χ4v) is 1.32. The molecule has 0 fully saturated rings. The number of ether oxygens (including phenoxy) is 1. The Bertz CT molecular complexity index is 90.6. The van der Waals surface area contributed by atoms with Crippen molar-refractivity contribution in [3.63, 3.8) is 0 Å². The summed E-state index contributed by atoms with van der Waals surface area (Å²) >= 11 is 5.64. The summed E-state index contributed by atoms with van der Waals surface area (Å²) in [5, 5.41) is 0. The van der Waals surface area contributed by atoms with Crippen molar-refractivity contribution in [2.75, 3.05) is 38.7 Å². The molecule has 2 nitrogen and oxygen atoms in total. The Kier molecular flexibility index (Phi) is 9.46. The molecule has 0 aliphatic carbocycles. The van der Waals surface area contributed by atoms with Crippen LogP contribution in [0, 0.1) is 0 Å². The van der Waals surface area contributed by atoms with Crippen LogP contribution in [-0.2, 0) is 4.74 Å². The molecule has 0 aliphatic rings. The topological polar surface area (TPSA) is 12.5 Å². The molecule has 0 aliphatic heterocycles. The van der Waals surface area contributed by atoms with E-state index in [1.54, 1.807) is 0 Å². The second kappa shape index (κ2) is 9.30. The van der Waals surface area contributed by atoms with Gasteiger partial charge in [-0.25, -0.2) is 0 Å². The maximum absolute atomic E-state index is 5.64. The van der Waals surface area contributed by atoms with Crippen LogP contribution in [0.1, 0.15) is 20.3 Å². The van der Waals surface area contributed by atoms with E-state index < -0.39 is 0 Å². The van der Waals surface area contributed by atoms with E-state index in [0.29, 0.717) is 0 Å². The van der Waals surface area contributed by atoms with Gasteiger partial charge in [0.05, 0.1) is 0 Å². The third-order valence-corrected chi connectivity index (χ3v) is 1.98. The predicted octanol–water partition coefficient (Wildman–Crippen LogP) is 1.97. The summed E-state index contributed by atoms with van der Waals surface area (Å²) in [5.74, 6) is 0.725. The second-order valence-corrected chi connectivity index (χ2v) is 3.05. The van der Waals surface area contributed by atoms with E-state index in [4.69, 9.17) is 16.3 Å². The van der Waals surface area contributed by atoms with Gasteiger partial charge in [0, 0.05) is 32.2 Å². The molecule has 0 aromatic carbocycles. The van der Waals surface area contributed by atoms with Crippen molar-refractivity contribution in [3.05, 3.63) is 0 Å². The zero-order valence-electron chi connectivity index (χ0n) is 8.18. The van der Waals surface area contributed by atoms with Crippen LogP contribution in [0.15, 0.2) is 0 Å². The third kappa shape index (κ3) is 6.89. The molecule has 0 radical (unpaired) electrons. The summed E-state index contributed by atoms with van der Waals surface area (Å²) in [7, 11) is 0. The molecule has 0 atom stereocenters. The van der Waals surface area contributed by atoms with Crippen LogP contribution in [0.5, 0.6) is 0 Å². The van der Waals surface area contributed by atoms with Crippen LogP contribution in [0.3, 0.4) is 0 Å². The van der Waals surface area contributed by atoms with Crippen LogP contribution in [0.4, 0.5) is 0 Å². The molecule has 0 rings (SSSR count). The largest absolute Gasteiger partial charge is 0.382 e. The smallest absolute Gasteiger partial charge is 0.0478 e. The van der Waals surface area contributed by atoms with Crippen molar-refractivity contribution in [3.8, 4) is 0 Å². The normalized spacial score (nSPS) is 11.0. The molecule has 0 unspecified atom stereocenters. The van der Waals surface area contributed by atoms with Crippen molar-refractivity contribution < 1.29 is 4.74 Å². The number of hydrogen-bond acceptors (Lipinski definition) is 2. The predicted molar refractivity (Wildman–Crippen MR) is 53.9 cm³/mol. The van der Waals surface area contributed by atoms with Crippen molar-refractivity contribution >= 4 is 11.6 Å². The molecule has 0 bridgehead atoms. The van der Waals surface area contributed by atoms with Crippen LogP contribution in [0.2, 0.25) is 0 Å². The Morgan fingerprint density at radius 1 is 1.25 bits per heavy atom. The maximum Gasteiger partial charge on any atom is 0.0478 e. The fraction of sp³-hybridized carbons (Fsp3) is 1.00. The standard InChI is InChI=1S/C9H20ClNO/c1-3-11(8-6-10)7-5-9-12-4-2/h3-9H2,1-2H3. The van der Waals surface area contributed by atoms with E-state index in [1.165, 1.54) is 0 Å². The number of alkyl halides is 1. The van der Waals surface area contributed by atoms with Gasteiger partial charge in [-0.2, -0.15) is 0 Å². The van der Waals surface area contributed by atoms with Gasteiger partial charge in [0.15, 0.2) is 0 Å². The van der Waals surface area contributed by atoms with Gasteiger partial charge < -0.3 is 9.64 Å². The summed E-state index contributed by atoms with van der Waals surface area (Å²) in [6, 6.07) is 0. The Labute approximate surface area is 80.8 Å². The van der Waals surface area contributed by atoms with Crippen LogP contribution in [-0.4, -0.2) is 43.6 Å². The molecule has 3 heteroatoms. The zero-order chi connectivity index (χ0) is 9.23. The Hall–Kier alpha value is 0.210. The van der Waals surface area contributed by atoms with E-state index in [9.17, 15) is 0 Å². The molecular weight excluding hydrogens is 174 g/mol. The Morgan fingerprint density at radius 3 is 2.50 bits per heavy atom. The van der Waals surface area contributed by atoms with Gasteiger partial charge in [0.1, 0.15) is 0 Å². The lowest BCUT2D eigenvalue weighted by atomic mass is 10.4. The number of halogens is 1. The highest BCUT2D eigenvalue weighted by Gasteiger charge is 1.99. The minimum Gasteiger partial charge on any atom is -0.382 e. The summed E-state index contributed by atoms with van der Waals surface area (Å²) < 4.78 is 5.25. The lowest BCUT2D eigenvalue weighted by Crippen LogP contribution is -2.27. The molecule has 0 aromatic rings.